The molecule has 2 fully saturated rings. The molecule has 0 radical (unpaired) electrons. The lowest BCUT2D eigenvalue weighted by atomic mass is 9.93. The Labute approximate surface area is 64.0 Å². The summed E-state index contributed by atoms with van der Waals surface area (Å²) < 4.78 is 0. The normalized spacial score (nSPS) is 47.1. The third kappa shape index (κ3) is 1.36. The molecule has 0 unspecified atom stereocenters. The van der Waals surface area contributed by atoms with Gasteiger partial charge >= 0.3 is 0 Å². The van der Waals surface area contributed by atoms with Crippen LogP contribution in [0.15, 0.2) is 0 Å². The van der Waals surface area contributed by atoms with Gasteiger partial charge in [0, 0.05) is 0 Å². The molecule has 2 aliphatic rings. The van der Waals surface area contributed by atoms with E-state index in [0.29, 0.717) is 0 Å². The van der Waals surface area contributed by atoms with Crippen LogP contribution in [0.2, 0.25) is 0 Å². The molecule has 0 bridgehead atoms. The summed E-state index contributed by atoms with van der Waals surface area (Å²) in [6.07, 6.45) is 9.21. The molecule has 0 heteroatoms. The molecule has 0 aromatic carbocycles. The molecule has 58 valence electrons. The van der Waals surface area contributed by atoms with Crippen LogP contribution >= 0.6 is 0 Å². The molecule has 0 saturated heterocycles. The van der Waals surface area contributed by atoms with Crippen LogP contribution in [-0.4, -0.2) is 0 Å². The maximum absolute atomic E-state index is 2.42. The predicted octanol–water partition coefficient (Wildman–Crippen LogP) is 3.22. The highest BCUT2D eigenvalue weighted by Gasteiger charge is 2.36. The van der Waals surface area contributed by atoms with Crippen LogP contribution in [-0.2, 0) is 0 Å². The van der Waals surface area contributed by atoms with Gasteiger partial charge in [-0.2, -0.15) is 0 Å². The van der Waals surface area contributed by atoms with E-state index in [9.17, 15) is 0 Å². The Balaban J connectivity index is 1.83. The van der Waals surface area contributed by atoms with Crippen LogP contribution in [0, 0.1) is 17.8 Å². The molecule has 0 aromatic heterocycles. The van der Waals surface area contributed by atoms with Gasteiger partial charge < -0.3 is 0 Å². The Bertz CT molecular complexity index is 115. The summed E-state index contributed by atoms with van der Waals surface area (Å²) in [5.74, 6) is 3.37. The van der Waals surface area contributed by atoms with Gasteiger partial charge in [-0.3, -0.25) is 0 Å². The molecule has 2 saturated carbocycles. The van der Waals surface area contributed by atoms with Crippen molar-refractivity contribution in [1.82, 2.24) is 0 Å². The van der Waals surface area contributed by atoms with Crippen molar-refractivity contribution >= 4 is 0 Å². The van der Waals surface area contributed by atoms with Gasteiger partial charge in [0.2, 0.25) is 0 Å². The Kier molecular flexibility index (Phi) is 1.71. The van der Waals surface area contributed by atoms with Crippen LogP contribution in [0.4, 0.5) is 0 Å². The molecule has 3 atom stereocenters. The third-order valence-corrected chi connectivity index (χ3v) is 3.37. The van der Waals surface area contributed by atoms with Crippen molar-refractivity contribution in [2.24, 2.45) is 17.8 Å². The van der Waals surface area contributed by atoms with Gasteiger partial charge in [0.15, 0.2) is 0 Å². The molecule has 2 aliphatic carbocycles. The average molecular weight is 138 g/mol. The molecule has 0 aromatic rings. The van der Waals surface area contributed by atoms with Gasteiger partial charge in [0.1, 0.15) is 0 Å². The lowest BCUT2D eigenvalue weighted by molar-refractivity contribution is 0.393. The molecule has 0 aliphatic heterocycles. The summed E-state index contributed by atoms with van der Waals surface area (Å²) in [7, 11) is 0. The topological polar surface area (TPSA) is 0 Å². The number of rotatable bonds is 0. The fraction of sp³-hybridized carbons (Fsp3) is 1.00. The van der Waals surface area contributed by atoms with E-state index in [2.05, 4.69) is 6.92 Å². The summed E-state index contributed by atoms with van der Waals surface area (Å²) in [6.45, 7) is 2.42. The van der Waals surface area contributed by atoms with E-state index < -0.39 is 0 Å². The lowest BCUT2D eigenvalue weighted by Gasteiger charge is -2.13. The Hall–Kier alpha value is 0. The minimum atomic E-state index is 1.03. The zero-order valence-corrected chi connectivity index (χ0v) is 6.97. The average Bonchev–Trinajstić information content (AvgIpc) is 2.59. The predicted molar refractivity (Wildman–Crippen MR) is 43.8 cm³/mol. The van der Waals surface area contributed by atoms with Gasteiger partial charge in [-0.15, -0.1) is 0 Å². The Morgan fingerprint density at radius 2 is 1.70 bits per heavy atom. The number of hydrogen-bond acceptors (Lipinski definition) is 0. The van der Waals surface area contributed by atoms with Crippen LogP contribution in [0.25, 0.3) is 0 Å². The number of hydrogen-bond donors (Lipinski definition) is 0. The maximum atomic E-state index is 2.42. The molecule has 0 N–H and O–H groups in total. The summed E-state index contributed by atoms with van der Waals surface area (Å²) >= 11 is 0. The minimum Gasteiger partial charge on any atom is -0.0625 e. The first-order valence-electron chi connectivity index (χ1n) is 4.86. The van der Waals surface area contributed by atoms with E-state index in [1.807, 2.05) is 0 Å². The summed E-state index contributed by atoms with van der Waals surface area (Å²) in [5, 5.41) is 0. The molecule has 0 heterocycles. The van der Waals surface area contributed by atoms with Crippen LogP contribution < -0.4 is 0 Å². The summed E-state index contributed by atoms with van der Waals surface area (Å²) in [4.78, 5) is 0. The largest absolute Gasteiger partial charge is 0.0625 e. The van der Waals surface area contributed by atoms with Gasteiger partial charge in [-0.25, -0.2) is 0 Å². The zero-order valence-electron chi connectivity index (χ0n) is 6.97. The molecule has 0 spiro atoms. The van der Waals surface area contributed by atoms with Crippen molar-refractivity contribution in [2.45, 2.75) is 45.4 Å². The molecule has 2 rings (SSSR count). The number of fused-ring (bicyclic) bond motifs is 1. The molecular weight excluding hydrogens is 120 g/mol. The van der Waals surface area contributed by atoms with E-state index in [-0.39, 0.29) is 0 Å². The molecule has 10 heavy (non-hydrogen) atoms. The fourth-order valence-corrected chi connectivity index (χ4v) is 2.39. The highest BCUT2D eigenvalue weighted by molar-refractivity contribution is 4.87. The summed E-state index contributed by atoms with van der Waals surface area (Å²) in [6, 6.07) is 0. The van der Waals surface area contributed by atoms with E-state index in [4.69, 9.17) is 0 Å². The van der Waals surface area contributed by atoms with Crippen molar-refractivity contribution in [1.29, 1.82) is 0 Å². The monoisotopic (exact) mass is 138 g/mol. The third-order valence-electron chi connectivity index (χ3n) is 3.37. The second-order valence-corrected chi connectivity index (χ2v) is 4.37. The first kappa shape index (κ1) is 6.69. The van der Waals surface area contributed by atoms with Crippen molar-refractivity contribution in [2.75, 3.05) is 0 Å². The molecular formula is C10H18. The van der Waals surface area contributed by atoms with E-state index in [0.717, 1.165) is 5.92 Å². The zero-order chi connectivity index (χ0) is 6.97. The highest BCUT2D eigenvalue weighted by Crippen LogP contribution is 2.47. The quantitative estimate of drug-likeness (QED) is 0.482. The van der Waals surface area contributed by atoms with Crippen LogP contribution in [0.3, 0.4) is 0 Å². The van der Waals surface area contributed by atoms with Crippen LogP contribution in [0.1, 0.15) is 45.4 Å². The highest BCUT2D eigenvalue weighted by atomic mass is 14.4. The fourth-order valence-electron chi connectivity index (χ4n) is 2.39. The van der Waals surface area contributed by atoms with Gasteiger partial charge in [0.25, 0.3) is 0 Å². The summed E-state index contributed by atoms with van der Waals surface area (Å²) in [5.41, 5.74) is 0. The standard InChI is InChI=1S/C10H18/c1-8-3-2-4-9-7-10(9)6-5-8/h8-10H,2-7H2,1H3/t8-,9+,10-/m0/s1. The first-order valence-corrected chi connectivity index (χ1v) is 4.86. The second kappa shape index (κ2) is 2.56. The van der Waals surface area contributed by atoms with Crippen molar-refractivity contribution < 1.29 is 0 Å². The lowest BCUT2D eigenvalue weighted by Crippen LogP contribution is -2.00. The SMILES string of the molecule is C[C@H]1CCC[C@@H]2C[C@@H]2CC1. The van der Waals surface area contributed by atoms with Crippen LogP contribution in [0.5, 0.6) is 0 Å². The van der Waals surface area contributed by atoms with E-state index in [1.54, 1.807) is 19.3 Å². The molecule has 0 nitrogen and oxygen atoms in total. The smallest absolute Gasteiger partial charge is 0.0383 e. The molecule has 0 amide bonds. The van der Waals surface area contributed by atoms with E-state index >= 15 is 0 Å². The van der Waals surface area contributed by atoms with Crippen molar-refractivity contribution in [3.8, 4) is 0 Å². The van der Waals surface area contributed by atoms with Gasteiger partial charge in [-0.05, 0) is 30.6 Å². The van der Waals surface area contributed by atoms with Gasteiger partial charge in [0.05, 0.1) is 0 Å². The van der Waals surface area contributed by atoms with Crippen molar-refractivity contribution in [3.05, 3.63) is 0 Å². The van der Waals surface area contributed by atoms with Crippen molar-refractivity contribution in [3.63, 3.8) is 0 Å². The van der Waals surface area contributed by atoms with Gasteiger partial charge in [-0.1, -0.05) is 32.6 Å². The first-order chi connectivity index (χ1) is 4.86. The second-order valence-electron chi connectivity index (χ2n) is 4.37. The Morgan fingerprint density at radius 3 is 2.60 bits per heavy atom. The van der Waals surface area contributed by atoms with E-state index in [1.165, 1.54) is 31.1 Å². The Morgan fingerprint density at radius 1 is 0.900 bits per heavy atom. The maximum Gasteiger partial charge on any atom is -0.0383 e. The minimum absolute atomic E-state index is 1.03.